The van der Waals surface area contributed by atoms with E-state index in [2.05, 4.69) is 13.0 Å². The molecule has 1 aromatic carbocycles. The van der Waals surface area contributed by atoms with Gasteiger partial charge in [0.15, 0.2) is 5.78 Å². The minimum absolute atomic E-state index is 0.172. The summed E-state index contributed by atoms with van der Waals surface area (Å²) in [4.78, 5) is 13.3. The van der Waals surface area contributed by atoms with Gasteiger partial charge in [-0.25, -0.2) is 0 Å². The summed E-state index contributed by atoms with van der Waals surface area (Å²) in [5.74, 6) is 1.49. The predicted octanol–water partition coefficient (Wildman–Crippen LogP) is 4.49. The number of carbonyl (C=O) groups excluding carboxylic acids is 1. The van der Waals surface area contributed by atoms with E-state index in [4.69, 9.17) is 4.42 Å². The van der Waals surface area contributed by atoms with Crippen LogP contribution in [-0.4, -0.2) is 11.5 Å². The number of thioether (sulfide) groups is 1. The fraction of sp³-hybridized carbons (Fsp3) is 0.312. The summed E-state index contributed by atoms with van der Waals surface area (Å²) in [5, 5.41) is 0. The molecular weight excluding hydrogens is 256 g/mol. The van der Waals surface area contributed by atoms with Crippen molar-refractivity contribution in [1.29, 1.82) is 0 Å². The second-order valence-corrected chi connectivity index (χ2v) is 5.82. The molecule has 0 unspecified atom stereocenters. The molecule has 2 nitrogen and oxygen atoms in total. The number of Topliss-reactive ketones (excluding diaryl/α,β-unsaturated/α-hetero) is 1. The summed E-state index contributed by atoms with van der Waals surface area (Å²) in [6.45, 7) is 8.01. The SMILES string of the molecule is Cc1cc(C)c(C(=O)CSc2ccoc2C)cc1C. The molecule has 0 atom stereocenters. The van der Waals surface area contributed by atoms with Gasteiger partial charge in [0.25, 0.3) is 0 Å². The molecule has 0 spiro atoms. The average Bonchev–Trinajstić information content (AvgIpc) is 2.76. The van der Waals surface area contributed by atoms with Crippen molar-refractivity contribution < 1.29 is 9.21 Å². The van der Waals surface area contributed by atoms with E-state index < -0.39 is 0 Å². The Balaban J connectivity index is 2.12. The van der Waals surface area contributed by atoms with Gasteiger partial charge in [0, 0.05) is 10.5 Å². The molecule has 0 N–H and O–H groups in total. The number of aryl methyl sites for hydroxylation is 4. The molecule has 19 heavy (non-hydrogen) atoms. The van der Waals surface area contributed by atoms with Crippen LogP contribution in [0.2, 0.25) is 0 Å². The van der Waals surface area contributed by atoms with Crippen LogP contribution < -0.4 is 0 Å². The Labute approximate surface area is 118 Å². The van der Waals surface area contributed by atoms with Crippen molar-refractivity contribution in [1.82, 2.24) is 0 Å². The molecule has 0 amide bonds. The number of benzene rings is 1. The largest absolute Gasteiger partial charge is 0.468 e. The Bertz CT molecular complexity index is 611. The highest BCUT2D eigenvalue weighted by Gasteiger charge is 2.12. The highest BCUT2D eigenvalue weighted by molar-refractivity contribution is 8.00. The Kier molecular flexibility index (Phi) is 4.15. The van der Waals surface area contributed by atoms with Crippen LogP contribution in [0.3, 0.4) is 0 Å². The molecule has 0 bridgehead atoms. The first kappa shape index (κ1) is 13.9. The lowest BCUT2D eigenvalue weighted by molar-refractivity contribution is 0.102. The second-order valence-electron chi connectivity index (χ2n) is 4.80. The van der Waals surface area contributed by atoms with Gasteiger partial charge in [-0.15, -0.1) is 11.8 Å². The van der Waals surface area contributed by atoms with Crippen molar-refractivity contribution >= 4 is 17.5 Å². The van der Waals surface area contributed by atoms with Gasteiger partial charge in [-0.3, -0.25) is 4.79 Å². The van der Waals surface area contributed by atoms with Gasteiger partial charge >= 0.3 is 0 Å². The standard InChI is InChI=1S/C16H18O2S/c1-10-7-12(3)14(8-11(10)2)15(17)9-19-16-5-6-18-13(16)4/h5-8H,9H2,1-4H3. The fourth-order valence-corrected chi connectivity index (χ4v) is 2.85. The van der Waals surface area contributed by atoms with E-state index in [-0.39, 0.29) is 5.78 Å². The Hall–Kier alpha value is -1.48. The van der Waals surface area contributed by atoms with Crippen molar-refractivity contribution in [2.75, 3.05) is 5.75 Å². The summed E-state index contributed by atoms with van der Waals surface area (Å²) in [6.07, 6.45) is 1.66. The third-order valence-corrected chi connectivity index (χ3v) is 4.45. The highest BCUT2D eigenvalue weighted by atomic mass is 32.2. The first-order valence-corrected chi connectivity index (χ1v) is 7.25. The molecule has 0 fully saturated rings. The maximum absolute atomic E-state index is 12.3. The molecule has 0 saturated heterocycles. The maximum Gasteiger partial charge on any atom is 0.173 e. The number of furan rings is 1. The zero-order valence-corrected chi connectivity index (χ0v) is 12.6. The Morgan fingerprint density at radius 2 is 1.79 bits per heavy atom. The number of ketones is 1. The minimum Gasteiger partial charge on any atom is -0.468 e. The van der Waals surface area contributed by atoms with E-state index in [1.807, 2.05) is 32.9 Å². The molecule has 0 aliphatic heterocycles. The van der Waals surface area contributed by atoms with Crippen LogP contribution in [0.15, 0.2) is 33.8 Å². The van der Waals surface area contributed by atoms with E-state index in [1.54, 1.807) is 6.26 Å². The van der Waals surface area contributed by atoms with E-state index >= 15 is 0 Å². The number of rotatable bonds is 4. The highest BCUT2D eigenvalue weighted by Crippen LogP contribution is 2.25. The zero-order chi connectivity index (χ0) is 14.0. The van der Waals surface area contributed by atoms with Crippen LogP contribution in [0.1, 0.15) is 32.8 Å². The second kappa shape index (κ2) is 5.66. The lowest BCUT2D eigenvalue weighted by atomic mass is 9.99. The molecule has 0 radical (unpaired) electrons. The van der Waals surface area contributed by atoms with Gasteiger partial charge in [-0.05, 0) is 56.5 Å². The topological polar surface area (TPSA) is 30.2 Å². The normalized spacial score (nSPS) is 10.7. The molecule has 2 rings (SSSR count). The monoisotopic (exact) mass is 274 g/mol. The van der Waals surface area contributed by atoms with Crippen molar-refractivity contribution in [3.8, 4) is 0 Å². The van der Waals surface area contributed by atoms with Gasteiger partial charge in [0.1, 0.15) is 5.76 Å². The van der Waals surface area contributed by atoms with Crippen molar-refractivity contribution in [2.24, 2.45) is 0 Å². The fourth-order valence-electron chi connectivity index (χ4n) is 2.01. The molecule has 2 aromatic rings. The molecular formula is C16H18O2S. The van der Waals surface area contributed by atoms with Crippen molar-refractivity contribution in [3.63, 3.8) is 0 Å². The third-order valence-electron chi connectivity index (χ3n) is 3.31. The first-order chi connectivity index (χ1) is 8.99. The van der Waals surface area contributed by atoms with E-state index in [0.29, 0.717) is 5.75 Å². The summed E-state index contributed by atoms with van der Waals surface area (Å²) in [7, 11) is 0. The summed E-state index contributed by atoms with van der Waals surface area (Å²) < 4.78 is 5.23. The molecule has 0 saturated carbocycles. The molecule has 1 heterocycles. The molecule has 0 aliphatic carbocycles. The van der Waals surface area contributed by atoms with E-state index in [1.165, 1.54) is 22.9 Å². The first-order valence-electron chi connectivity index (χ1n) is 6.27. The minimum atomic E-state index is 0.172. The molecule has 1 aromatic heterocycles. The molecule has 100 valence electrons. The van der Waals surface area contributed by atoms with Crippen LogP contribution >= 0.6 is 11.8 Å². The number of carbonyl (C=O) groups is 1. The number of hydrogen-bond acceptors (Lipinski definition) is 3. The number of hydrogen-bond donors (Lipinski definition) is 0. The lowest BCUT2D eigenvalue weighted by Crippen LogP contribution is -2.06. The van der Waals surface area contributed by atoms with Gasteiger partial charge in [-0.1, -0.05) is 6.07 Å². The quantitative estimate of drug-likeness (QED) is 0.608. The van der Waals surface area contributed by atoms with Crippen LogP contribution in [0.25, 0.3) is 0 Å². The smallest absolute Gasteiger partial charge is 0.173 e. The average molecular weight is 274 g/mol. The van der Waals surface area contributed by atoms with Crippen LogP contribution in [-0.2, 0) is 0 Å². The lowest BCUT2D eigenvalue weighted by Gasteiger charge is -2.08. The summed E-state index contributed by atoms with van der Waals surface area (Å²) in [5.41, 5.74) is 4.28. The van der Waals surface area contributed by atoms with E-state index in [0.717, 1.165) is 21.8 Å². The third kappa shape index (κ3) is 3.10. The molecule has 3 heteroatoms. The Morgan fingerprint density at radius 1 is 1.11 bits per heavy atom. The zero-order valence-electron chi connectivity index (χ0n) is 11.7. The summed E-state index contributed by atoms with van der Waals surface area (Å²) >= 11 is 1.53. The van der Waals surface area contributed by atoms with Crippen molar-refractivity contribution in [2.45, 2.75) is 32.6 Å². The summed E-state index contributed by atoms with van der Waals surface area (Å²) in [6, 6.07) is 5.98. The van der Waals surface area contributed by atoms with E-state index in [9.17, 15) is 4.79 Å². The Morgan fingerprint density at radius 3 is 2.42 bits per heavy atom. The van der Waals surface area contributed by atoms with Crippen LogP contribution in [0.4, 0.5) is 0 Å². The molecule has 0 aliphatic rings. The maximum atomic E-state index is 12.3. The van der Waals surface area contributed by atoms with Crippen LogP contribution in [0, 0.1) is 27.7 Å². The van der Waals surface area contributed by atoms with Crippen LogP contribution in [0.5, 0.6) is 0 Å². The van der Waals surface area contributed by atoms with Gasteiger partial charge in [-0.2, -0.15) is 0 Å². The van der Waals surface area contributed by atoms with Crippen molar-refractivity contribution in [3.05, 3.63) is 52.5 Å². The predicted molar refractivity (Wildman–Crippen MR) is 79.2 cm³/mol. The van der Waals surface area contributed by atoms with Gasteiger partial charge in [0.2, 0.25) is 0 Å². The van der Waals surface area contributed by atoms with Gasteiger partial charge < -0.3 is 4.42 Å². The van der Waals surface area contributed by atoms with Gasteiger partial charge in [0.05, 0.1) is 12.0 Å².